The minimum absolute atomic E-state index is 0.127. The Bertz CT molecular complexity index is 604. The predicted octanol–water partition coefficient (Wildman–Crippen LogP) is 5.09. The summed E-state index contributed by atoms with van der Waals surface area (Å²) in [5.41, 5.74) is 2.00. The van der Waals surface area contributed by atoms with Gasteiger partial charge < -0.3 is 0 Å². The van der Waals surface area contributed by atoms with Gasteiger partial charge in [-0.1, -0.05) is 51.8 Å². The summed E-state index contributed by atoms with van der Waals surface area (Å²) in [6.07, 6.45) is 0.941. The first-order valence-corrected chi connectivity index (χ1v) is 7.37. The molecule has 0 spiro atoms. The lowest BCUT2D eigenvalue weighted by Gasteiger charge is -2.02. The van der Waals surface area contributed by atoms with Crippen LogP contribution in [0.4, 0.5) is 0 Å². The van der Waals surface area contributed by atoms with Gasteiger partial charge in [0, 0.05) is 21.0 Å². The Balaban J connectivity index is 1.74. The summed E-state index contributed by atoms with van der Waals surface area (Å²) >= 11 is 9.25. The van der Waals surface area contributed by atoms with E-state index in [0.717, 1.165) is 21.5 Å². The summed E-state index contributed by atoms with van der Waals surface area (Å²) in [7, 11) is 0. The minimum Gasteiger partial charge on any atom is -0.294 e. The maximum Gasteiger partial charge on any atom is 0.166 e. The van der Waals surface area contributed by atoms with Crippen molar-refractivity contribution in [3.63, 3.8) is 0 Å². The molecular formula is C16H12BrClO. The molecular weight excluding hydrogens is 324 g/mol. The van der Waals surface area contributed by atoms with E-state index in [1.54, 1.807) is 0 Å². The summed E-state index contributed by atoms with van der Waals surface area (Å²) < 4.78 is 0.995. The third kappa shape index (κ3) is 2.75. The van der Waals surface area contributed by atoms with Gasteiger partial charge in [-0.3, -0.25) is 4.79 Å². The second-order valence-electron chi connectivity index (χ2n) is 4.87. The van der Waals surface area contributed by atoms with E-state index in [1.165, 1.54) is 5.56 Å². The smallest absolute Gasteiger partial charge is 0.166 e. The maximum atomic E-state index is 12.3. The first-order chi connectivity index (χ1) is 9.15. The van der Waals surface area contributed by atoms with E-state index in [9.17, 15) is 4.79 Å². The molecule has 3 rings (SSSR count). The first-order valence-electron chi connectivity index (χ1n) is 6.20. The van der Waals surface area contributed by atoms with Gasteiger partial charge in [-0.2, -0.15) is 0 Å². The average Bonchev–Trinajstić information content (AvgIpc) is 3.20. The number of Topliss-reactive ketones (excluding diaryl/α,β-unsaturated/α-hetero) is 1. The van der Waals surface area contributed by atoms with Crippen LogP contribution in [-0.4, -0.2) is 5.78 Å². The number of benzene rings is 2. The molecule has 0 radical (unpaired) electrons. The number of hydrogen-bond donors (Lipinski definition) is 0. The topological polar surface area (TPSA) is 17.1 Å². The standard InChI is InChI=1S/C16H12BrClO/c17-12-5-1-11(2-6-12)16(19)15-9-14(15)10-3-7-13(18)8-4-10/h1-8,14-15H,9H2/t14-,15+/m1/s1. The predicted molar refractivity (Wildman–Crippen MR) is 80.8 cm³/mol. The van der Waals surface area contributed by atoms with E-state index in [4.69, 9.17) is 11.6 Å². The van der Waals surface area contributed by atoms with Crippen molar-refractivity contribution in [2.45, 2.75) is 12.3 Å². The van der Waals surface area contributed by atoms with Crippen LogP contribution < -0.4 is 0 Å². The van der Waals surface area contributed by atoms with Crippen LogP contribution in [0.2, 0.25) is 5.02 Å². The average molecular weight is 336 g/mol. The zero-order chi connectivity index (χ0) is 13.4. The van der Waals surface area contributed by atoms with Crippen LogP contribution in [0.3, 0.4) is 0 Å². The van der Waals surface area contributed by atoms with E-state index in [-0.39, 0.29) is 11.7 Å². The fourth-order valence-electron chi connectivity index (χ4n) is 2.39. The van der Waals surface area contributed by atoms with Crippen molar-refractivity contribution in [3.8, 4) is 0 Å². The van der Waals surface area contributed by atoms with Crippen LogP contribution in [0.1, 0.15) is 28.3 Å². The Kier molecular flexibility index (Phi) is 3.46. The molecule has 0 heterocycles. The van der Waals surface area contributed by atoms with Crippen molar-refractivity contribution < 1.29 is 4.79 Å². The molecule has 0 amide bonds. The Morgan fingerprint density at radius 3 is 2.32 bits per heavy atom. The third-order valence-corrected chi connectivity index (χ3v) is 4.33. The summed E-state index contributed by atoms with van der Waals surface area (Å²) in [5.74, 6) is 0.725. The Morgan fingerprint density at radius 1 is 1.05 bits per heavy atom. The lowest BCUT2D eigenvalue weighted by Crippen LogP contribution is -2.02. The van der Waals surface area contributed by atoms with E-state index in [0.29, 0.717) is 5.92 Å². The SMILES string of the molecule is O=C(c1ccc(Br)cc1)[C@H]1C[C@@H]1c1ccc(Cl)cc1. The molecule has 19 heavy (non-hydrogen) atoms. The summed E-state index contributed by atoms with van der Waals surface area (Å²) in [4.78, 5) is 12.3. The fraction of sp³-hybridized carbons (Fsp3) is 0.188. The van der Waals surface area contributed by atoms with Crippen molar-refractivity contribution >= 4 is 33.3 Å². The van der Waals surface area contributed by atoms with E-state index in [2.05, 4.69) is 15.9 Å². The molecule has 1 fully saturated rings. The molecule has 3 heteroatoms. The quantitative estimate of drug-likeness (QED) is 0.714. The highest BCUT2D eigenvalue weighted by atomic mass is 79.9. The van der Waals surface area contributed by atoms with E-state index >= 15 is 0 Å². The van der Waals surface area contributed by atoms with Gasteiger partial charge in [-0.05, 0) is 42.2 Å². The highest BCUT2D eigenvalue weighted by Crippen LogP contribution is 2.49. The zero-order valence-electron chi connectivity index (χ0n) is 10.1. The van der Waals surface area contributed by atoms with E-state index in [1.807, 2.05) is 48.5 Å². The number of ketones is 1. The third-order valence-electron chi connectivity index (χ3n) is 3.55. The summed E-state index contributed by atoms with van der Waals surface area (Å²) in [6, 6.07) is 15.4. The molecule has 0 bridgehead atoms. The van der Waals surface area contributed by atoms with Gasteiger partial charge in [-0.25, -0.2) is 0 Å². The summed E-state index contributed by atoms with van der Waals surface area (Å²) in [5, 5.41) is 0.736. The molecule has 2 aromatic rings. The summed E-state index contributed by atoms with van der Waals surface area (Å²) in [6.45, 7) is 0. The molecule has 96 valence electrons. The van der Waals surface area contributed by atoms with Crippen LogP contribution in [-0.2, 0) is 0 Å². The van der Waals surface area contributed by atoms with Gasteiger partial charge in [0.2, 0.25) is 0 Å². The molecule has 1 nitrogen and oxygen atoms in total. The van der Waals surface area contributed by atoms with Crippen molar-refractivity contribution in [2.24, 2.45) is 5.92 Å². The Hall–Kier alpha value is -1.12. The van der Waals surface area contributed by atoms with Crippen molar-refractivity contribution in [1.82, 2.24) is 0 Å². The van der Waals surface area contributed by atoms with Crippen LogP contribution in [0.25, 0.3) is 0 Å². The number of carbonyl (C=O) groups is 1. The molecule has 0 saturated heterocycles. The molecule has 0 unspecified atom stereocenters. The van der Waals surface area contributed by atoms with Gasteiger partial charge >= 0.3 is 0 Å². The molecule has 1 aliphatic carbocycles. The number of halogens is 2. The molecule has 2 aromatic carbocycles. The maximum absolute atomic E-state index is 12.3. The Morgan fingerprint density at radius 2 is 1.68 bits per heavy atom. The fourth-order valence-corrected chi connectivity index (χ4v) is 2.78. The lowest BCUT2D eigenvalue weighted by molar-refractivity contribution is 0.0965. The van der Waals surface area contributed by atoms with Crippen LogP contribution >= 0.6 is 27.5 Å². The molecule has 1 aliphatic rings. The first kappa shape index (κ1) is 12.9. The van der Waals surface area contributed by atoms with Gasteiger partial charge in [0.05, 0.1) is 0 Å². The van der Waals surface area contributed by atoms with E-state index < -0.39 is 0 Å². The van der Waals surface area contributed by atoms with Gasteiger partial charge in [0.25, 0.3) is 0 Å². The van der Waals surface area contributed by atoms with Gasteiger partial charge in [-0.15, -0.1) is 0 Å². The minimum atomic E-state index is 0.127. The zero-order valence-corrected chi connectivity index (χ0v) is 12.5. The van der Waals surface area contributed by atoms with Crippen LogP contribution in [0.15, 0.2) is 53.0 Å². The normalized spacial score (nSPS) is 21.2. The largest absolute Gasteiger partial charge is 0.294 e. The van der Waals surface area contributed by atoms with Crippen molar-refractivity contribution in [2.75, 3.05) is 0 Å². The Labute approximate surface area is 125 Å². The van der Waals surface area contributed by atoms with Crippen LogP contribution in [0, 0.1) is 5.92 Å². The highest BCUT2D eigenvalue weighted by molar-refractivity contribution is 9.10. The molecule has 0 aromatic heterocycles. The van der Waals surface area contributed by atoms with Gasteiger partial charge in [0.15, 0.2) is 5.78 Å². The van der Waals surface area contributed by atoms with Crippen molar-refractivity contribution in [1.29, 1.82) is 0 Å². The second-order valence-corrected chi connectivity index (χ2v) is 6.22. The lowest BCUT2D eigenvalue weighted by atomic mass is 10.0. The monoisotopic (exact) mass is 334 g/mol. The molecule has 0 aliphatic heterocycles. The molecule has 1 saturated carbocycles. The highest BCUT2D eigenvalue weighted by Gasteiger charge is 2.43. The van der Waals surface area contributed by atoms with Crippen molar-refractivity contribution in [3.05, 3.63) is 69.2 Å². The number of carbonyl (C=O) groups excluding carboxylic acids is 1. The molecule has 2 atom stereocenters. The second kappa shape index (κ2) is 5.10. The van der Waals surface area contributed by atoms with Gasteiger partial charge in [0.1, 0.15) is 0 Å². The van der Waals surface area contributed by atoms with Crippen LogP contribution in [0.5, 0.6) is 0 Å². The number of hydrogen-bond acceptors (Lipinski definition) is 1. The molecule has 0 N–H and O–H groups in total. The number of rotatable bonds is 3.